The Hall–Kier alpha value is -4.69. The van der Waals surface area contributed by atoms with Gasteiger partial charge in [-0.25, -0.2) is 9.78 Å². The number of H-pyrrole nitrogens is 1. The molecule has 14 heteroatoms. The predicted molar refractivity (Wildman–Crippen MR) is 113 cm³/mol. The van der Waals surface area contributed by atoms with Crippen molar-refractivity contribution in [2.24, 2.45) is 12.0 Å². The maximum atomic E-state index is 12.4. The molecular formula is C19H14N8O5S. The van der Waals surface area contributed by atoms with Crippen molar-refractivity contribution in [1.82, 2.24) is 10.3 Å². The minimum Gasteiger partial charge on any atom is -0.861 e. The van der Waals surface area contributed by atoms with Gasteiger partial charge in [0.15, 0.2) is 7.05 Å². The van der Waals surface area contributed by atoms with Gasteiger partial charge in [-0.3, -0.25) is 19.6 Å². The molecule has 1 aromatic carbocycles. The van der Waals surface area contributed by atoms with E-state index in [-0.39, 0.29) is 50.4 Å². The molecule has 0 fully saturated rings. The Morgan fingerprint density at radius 2 is 2.09 bits per heavy atom. The van der Waals surface area contributed by atoms with Gasteiger partial charge in [0.1, 0.15) is 34.1 Å². The van der Waals surface area contributed by atoms with Crippen molar-refractivity contribution in [3.05, 3.63) is 55.4 Å². The largest absolute Gasteiger partial charge is 0.861 e. The Kier molecular flexibility index (Phi) is 6.41. The summed E-state index contributed by atoms with van der Waals surface area (Å²) in [5.74, 6) is -1.18. The number of nitriles is 2. The number of nitrogens with zero attached hydrogens (tertiary/aromatic N) is 6. The third kappa shape index (κ3) is 4.51. The van der Waals surface area contributed by atoms with Gasteiger partial charge in [-0.1, -0.05) is 22.5 Å². The van der Waals surface area contributed by atoms with E-state index < -0.39 is 16.4 Å². The van der Waals surface area contributed by atoms with Gasteiger partial charge in [0.25, 0.3) is 5.69 Å². The van der Waals surface area contributed by atoms with Crippen LogP contribution in [0.4, 0.5) is 17.2 Å². The van der Waals surface area contributed by atoms with Crippen LogP contribution in [0.1, 0.15) is 16.7 Å². The second-order valence-corrected chi connectivity index (χ2v) is 7.53. The number of nitro groups is 1. The van der Waals surface area contributed by atoms with Crippen molar-refractivity contribution >= 4 is 34.9 Å². The standard InChI is InChI=1S/C19H14N8O5S/c1-9-3-4-10(27(30)31)5-13(9)23-14(28)8-33-18-12(7-21)15(11(6-20)17(22)24-18)16-19(29)32-25-26(16)2/h3-5H,8H2,1-2H3,(H3-,22,23,24,25,28,29). The number of rotatable bonds is 6. The van der Waals surface area contributed by atoms with Gasteiger partial charge in [-0.2, -0.15) is 10.5 Å². The number of nitrogens with one attached hydrogen (secondary N) is 1. The Bertz CT molecular complexity index is 1440. The number of nitrogen functional groups attached to an aromatic ring is 1. The highest BCUT2D eigenvalue weighted by atomic mass is 32.2. The molecule has 0 amide bonds. The molecule has 0 aliphatic carbocycles. The average molecular weight is 466 g/mol. The van der Waals surface area contributed by atoms with Crippen LogP contribution >= 0.6 is 11.8 Å². The molecule has 33 heavy (non-hydrogen) atoms. The zero-order valence-electron chi connectivity index (χ0n) is 17.1. The molecule has 3 rings (SSSR count). The molecule has 13 nitrogen and oxygen atoms in total. The van der Waals surface area contributed by atoms with Crippen LogP contribution in [0.3, 0.4) is 0 Å². The number of anilines is 1. The molecule has 0 aliphatic heterocycles. The number of nitro benzene ring substituents is 1. The number of thioether (sulfide) groups is 1. The van der Waals surface area contributed by atoms with Crippen LogP contribution in [0, 0.1) is 39.7 Å². The van der Waals surface area contributed by atoms with Crippen LogP contribution in [-0.4, -0.2) is 26.8 Å². The number of nitrogens with two attached hydrogens (primary N) is 1. The van der Waals surface area contributed by atoms with Crippen LogP contribution in [0.15, 0.2) is 37.5 Å². The molecule has 0 saturated heterocycles. The van der Waals surface area contributed by atoms with Gasteiger partial charge in [0.2, 0.25) is 0 Å². The van der Waals surface area contributed by atoms with Crippen LogP contribution in [0.5, 0.6) is 0 Å². The first-order chi connectivity index (χ1) is 15.7. The highest BCUT2D eigenvalue weighted by Crippen LogP contribution is 2.33. The van der Waals surface area contributed by atoms with Crippen molar-refractivity contribution in [1.29, 1.82) is 10.5 Å². The second-order valence-electron chi connectivity index (χ2n) is 6.56. The molecule has 3 N–H and O–H groups in total. The van der Waals surface area contributed by atoms with Crippen molar-refractivity contribution in [2.75, 3.05) is 11.5 Å². The number of non-ortho nitro benzene ring substituents is 1. The van der Waals surface area contributed by atoms with Crippen molar-refractivity contribution in [3.63, 3.8) is 0 Å². The zero-order chi connectivity index (χ0) is 24.3. The van der Waals surface area contributed by atoms with Crippen molar-refractivity contribution < 1.29 is 19.2 Å². The molecule has 0 aliphatic rings. The van der Waals surface area contributed by atoms with E-state index in [0.29, 0.717) is 5.56 Å². The maximum Gasteiger partial charge on any atom is 0.435 e. The predicted octanol–water partition coefficient (Wildman–Crippen LogP) is 0.579. The van der Waals surface area contributed by atoms with Crippen LogP contribution in [0.2, 0.25) is 0 Å². The van der Waals surface area contributed by atoms with Crippen LogP contribution < -0.4 is 21.1 Å². The molecule has 0 atom stereocenters. The summed E-state index contributed by atoms with van der Waals surface area (Å²) >= 11 is 0.820. The first-order valence-corrected chi connectivity index (χ1v) is 10.00. The number of aryl methyl sites for hydroxylation is 2. The van der Waals surface area contributed by atoms with Crippen molar-refractivity contribution in [3.8, 4) is 23.4 Å². The van der Waals surface area contributed by atoms with E-state index in [0.717, 1.165) is 11.8 Å². The monoisotopic (exact) mass is 466 g/mol. The van der Waals surface area contributed by atoms with Gasteiger partial charge in [0, 0.05) is 17.9 Å². The fraction of sp³-hybridized carbons (Fsp3) is 0.158. The number of aromatic nitrogens is 3. The third-order valence-electron chi connectivity index (χ3n) is 4.44. The van der Waals surface area contributed by atoms with E-state index in [1.807, 2.05) is 12.1 Å². The summed E-state index contributed by atoms with van der Waals surface area (Å²) in [6, 6.07) is 7.68. The molecule has 0 bridgehead atoms. The Morgan fingerprint density at radius 3 is 2.67 bits per heavy atom. The van der Waals surface area contributed by atoms with Gasteiger partial charge in [-0.05, 0) is 23.7 Å². The number of aliphatic imine (C=N–C) groups is 1. The fourth-order valence-electron chi connectivity index (χ4n) is 2.88. The minimum absolute atomic E-state index is 0.00362. The number of aromatic amines is 1. The SMILES string of the molecule is Cc1ccc([N+](=O)[O-])cc1N=C([O-])CSc1nc(N)c(C#N)c(-c2c(=O)o[nH][n+]2C)c1C#N. The van der Waals surface area contributed by atoms with Gasteiger partial charge >= 0.3 is 11.3 Å². The minimum atomic E-state index is -0.834. The van der Waals surface area contributed by atoms with Gasteiger partial charge in [-0.15, -0.1) is 0 Å². The molecule has 2 heterocycles. The molecule has 3 aromatic rings. The van der Waals surface area contributed by atoms with Crippen molar-refractivity contribution in [2.45, 2.75) is 11.9 Å². The van der Waals surface area contributed by atoms with Crippen LogP contribution in [-0.2, 0) is 7.05 Å². The molecule has 0 spiro atoms. The normalized spacial score (nSPS) is 11.1. The van der Waals surface area contributed by atoms with E-state index in [4.69, 9.17) is 10.3 Å². The Labute approximate surface area is 189 Å². The molecule has 0 unspecified atom stereocenters. The number of hydrogen-bond acceptors (Lipinski definition) is 11. The smallest absolute Gasteiger partial charge is 0.435 e. The number of pyridine rings is 1. The topological polar surface area (TPSA) is 215 Å². The maximum absolute atomic E-state index is 12.4. The second kappa shape index (κ2) is 9.21. The average Bonchev–Trinajstić information content (AvgIpc) is 3.10. The molecule has 0 radical (unpaired) electrons. The highest BCUT2D eigenvalue weighted by Gasteiger charge is 2.31. The fourth-order valence-corrected chi connectivity index (χ4v) is 3.66. The zero-order valence-corrected chi connectivity index (χ0v) is 18.0. The highest BCUT2D eigenvalue weighted by molar-refractivity contribution is 8.00. The lowest BCUT2D eigenvalue weighted by molar-refractivity contribution is -0.730. The van der Waals surface area contributed by atoms with E-state index >= 15 is 0 Å². The molecular weight excluding hydrogens is 452 g/mol. The molecule has 166 valence electrons. The third-order valence-corrected chi connectivity index (χ3v) is 5.40. The van der Waals surface area contributed by atoms with Gasteiger partial charge < -0.3 is 10.8 Å². The van der Waals surface area contributed by atoms with E-state index in [9.17, 15) is 30.5 Å². The Morgan fingerprint density at radius 1 is 1.39 bits per heavy atom. The first kappa shape index (κ1) is 23.0. The lowest BCUT2D eigenvalue weighted by atomic mass is 10.0. The molecule has 0 saturated carbocycles. The summed E-state index contributed by atoms with van der Waals surface area (Å²) in [5, 5.41) is 44.9. The number of benzene rings is 1. The summed E-state index contributed by atoms with van der Waals surface area (Å²) in [6.07, 6.45) is 0. The van der Waals surface area contributed by atoms with Crippen LogP contribution in [0.25, 0.3) is 11.3 Å². The van der Waals surface area contributed by atoms with E-state index in [1.165, 1.54) is 29.9 Å². The summed E-state index contributed by atoms with van der Waals surface area (Å²) in [7, 11) is 1.44. The quantitative estimate of drug-likeness (QED) is 0.129. The Balaban J connectivity index is 2.02. The first-order valence-electron chi connectivity index (χ1n) is 9.01. The number of hydrogen-bond donors (Lipinski definition) is 2. The lowest BCUT2D eigenvalue weighted by Gasteiger charge is -2.13. The summed E-state index contributed by atoms with van der Waals surface area (Å²) < 4.78 is 5.89. The summed E-state index contributed by atoms with van der Waals surface area (Å²) in [6.45, 7) is 1.65. The van der Waals surface area contributed by atoms with E-state index in [1.54, 1.807) is 6.92 Å². The lowest BCUT2D eigenvalue weighted by Crippen LogP contribution is -2.34. The summed E-state index contributed by atoms with van der Waals surface area (Å²) in [5.41, 5.74) is 4.99. The molecule has 2 aromatic heterocycles. The summed E-state index contributed by atoms with van der Waals surface area (Å²) in [4.78, 5) is 30.5. The van der Waals surface area contributed by atoms with Gasteiger partial charge in [0.05, 0.1) is 16.2 Å². The van der Waals surface area contributed by atoms with E-state index in [2.05, 4.69) is 15.2 Å².